The molecule has 0 saturated carbocycles. The van der Waals surface area contributed by atoms with E-state index in [9.17, 15) is 9.18 Å². The predicted octanol–water partition coefficient (Wildman–Crippen LogP) is 3.96. The van der Waals surface area contributed by atoms with Gasteiger partial charge in [-0.1, -0.05) is 36.4 Å². The molecule has 0 aliphatic heterocycles. The molecule has 0 fully saturated rings. The van der Waals surface area contributed by atoms with Crippen molar-refractivity contribution in [3.8, 4) is 0 Å². The summed E-state index contributed by atoms with van der Waals surface area (Å²) in [5, 5.41) is -0.204. The van der Waals surface area contributed by atoms with Crippen LogP contribution in [0.2, 0.25) is 0 Å². The zero-order valence-corrected chi connectivity index (χ0v) is 12.9. The van der Waals surface area contributed by atoms with E-state index >= 15 is 0 Å². The molecule has 2 aromatic carbocycles. The lowest BCUT2D eigenvalue weighted by molar-refractivity contribution is -0.129. The zero-order chi connectivity index (χ0) is 15.2. The first-order chi connectivity index (χ1) is 10.1. The lowest BCUT2D eigenvalue weighted by Crippen LogP contribution is -2.33. The molecule has 1 unspecified atom stereocenters. The predicted molar refractivity (Wildman–Crippen MR) is 84.6 cm³/mol. The van der Waals surface area contributed by atoms with Gasteiger partial charge in [0.15, 0.2) is 0 Å². The van der Waals surface area contributed by atoms with E-state index in [1.54, 1.807) is 30.1 Å². The molecule has 0 N–H and O–H groups in total. The summed E-state index contributed by atoms with van der Waals surface area (Å²) < 4.78 is 13.6. The van der Waals surface area contributed by atoms with Crippen molar-refractivity contribution in [3.63, 3.8) is 0 Å². The Bertz CT molecular complexity index is 603. The Morgan fingerprint density at radius 1 is 1.14 bits per heavy atom. The van der Waals surface area contributed by atoms with Gasteiger partial charge in [-0.2, -0.15) is 0 Å². The summed E-state index contributed by atoms with van der Waals surface area (Å²) in [5.74, 6) is -0.285. The summed E-state index contributed by atoms with van der Waals surface area (Å²) in [6, 6.07) is 16.3. The molecule has 0 heterocycles. The lowest BCUT2D eigenvalue weighted by Gasteiger charge is -2.21. The minimum absolute atomic E-state index is 0.00731. The molecule has 0 aliphatic rings. The van der Waals surface area contributed by atoms with E-state index in [1.165, 1.54) is 17.8 Å². The number of benzene rings is 2. The van der Waals surface area contributed by atoms with E-state index in [2.05, 4.69) is 0 Å². The number of hydrogen-bond donors (Lipinski definition) is 0. The van der Waals surface area contributed by atoms with Crippen LogP contribution in [0.4, 0.5) is 4.39 Å². The summed E-state index contributed by atoms with van der Waals surface area (Å²) in [6.45, 7) is 2.16. The van der Waals surface area contributed by atoms with Crippen LogP contribution in [0.3, 0.4) is 0 Å². The van der Waals surface area contributed by atoms with Gasteiger partial charge < -0.3 is 4.90 Å². The monoisotopic (exact) mass is 303 g/mol. The summed E-state index contributed by atoms with van der Waals surface area (Å²) in [7, 11) is 1.71. The van der Waals surface area contributed by atoms with Gasteiger partial charge in [0.1, 0.15) is 5.82 Å². The maximum atomic E-state index is 13.6. The summed E-state index contributed by atoms with van der Waals surface area (Å²) >= 11 is 1.51. The average molecular weight is 303 g/mol. The molecule has 0 aromatic heterocycles. The van der Waals surface area contributed by atoms with Crippen LogP contribution in [-0.2, 0) is 11.3 Å². The van der Waals surface area contributed by atoms with Gasteiger partial charge in [0.05, 0.1) is 5.25 Å². The lowest BCUT2D eigenvalue weighted by atomic mass is 10.2. The van der Waals surface area contributed by atoms with E-state index in [4.69, 9.17) is 0 Å². The van der Waals surface area contributed by atoms with Gasteiger partial charge in [-0.3, -0.25) is 4.79 Å². The van der Waals surface area contributed by atoms with Gasteiger partial charge >= 0.3 is 0 Å². The molecule has 110 valence electrons. The second kappa shape index (κ2) is 7.27. The molecule has 2 nitrogen and oxygen atoms in total. The Morgan fingerprint density at radius 3 is 2.43 bits per heavy atom. The first-order valence-corrected chi connectivity index (χ1v) is 7.66. The van der Waals surface area contributed by atoms with E-state index in [1.807, 2.05) is 37.3 Å². The third-order valence-electron chi connectivity index (χ3n) is 3.15. The average Bonchev–Trinajstić information content (AvgIpc) is 2.49. The van der Waals surface area contributed by atoms with Crippen LogP contribution in [0.15, 0.2) is 59.5 Å². The highest BCUT2D eigenvalue weighted by molar-refractivity contribution is 8.00. The van der Waals surface area contributed by atoms with Gasteiger partial charge in [-0.25, -0.2) is 4.39 Å². The van der Waals surface area contributed by atoms with Crippen molar-refractivity contribution < 1.29 is 9.18 Å². The Labute approximate surface area is 129 Å². The van der Waals surface area contributed by atoms with Gasteiger partial charge in [0.2, 0.25) is 5.91 Å². The second-order valence-electron chi connectivity index (χ2n) is 4.86. The highest BCUT2D eigenvalue weighted by Crippen LogP contribution is 2.24. The molecule has 2 rings (SSSR count). The van der Waals surface area contributed by atoms with Crippen molar-refractivity contribution in [1.82, 2.24) is 4.90 Å². The molecule has 2 aromatic rings. The molecule has 1 atom stereocenters. The number of nitrogens with zero attached hydrogens (tertiary/aromatic N) is 1. The molecule has 21 heavy (non-hydrogen) atoms. The fourth-order valence-electron chi connectivity index (χ4n) is 2.02. The molecule has 0 bridgehead atoms. The Hall–Kier alpha value is -1.81. The molecule has 4 heteroatoms. The molecular weight excluding hydrogens is 285 g/mol. The molecular formula is C17H18FNOS. The van der Waals surface area contributed by atoms with E-state index in [0.717, 1.165) is 4.90 Å². The van der Waals surface area contributed by atoms with Crippen LogP contribution in [-0.4, -0.2) is 23.1 Å². The molecule has 0 radical (unpaired) electrons. The number of amides is 1. The Morgan fingerprint density at radius 2 is 1.76 bits per heavy atom. The minimum Gasteiger partial charge on any atom is -0.340 e. The van der Waals surface area contributed by atoms with Crippen molar-refractivity contribution in [1.29, 1.82) is 0 Å². The highest BCUT2D eigenvalue weighted by Gasteiger charge is 2.19. The SMILES string of the molecule is CC(Sc1ccccc1)C(=O)N(C)Cc1ccccc1F. The van der Waals surface area contributed by atoms with Gasteiger partial charge in [-0.15, -0.1) is 11.8 Å². The highest BCUT2D eigenvalue weighted by atomic mass is 32.2. The largest absolute Gasteiger partial charge is 0.340 e. The third kappa shape index (κ3) is 4.33. The second-order valence-corrected chi connectivity index (χ2v) is 6.27. The topological polar surface area (TPSA) is 20.3 Å². The number of hydrogen-bond acceptors (Lipinski definition) is 2. The van der Waals surface area contributed by atoms with Crippen molar-refractivity contribution in [2.75, 3.05) is 7.05 Å². The van der Waals surface area contributed by atoms with Crippen LogP contribution in [0.1, 0.15) is 12.5 Å². The maximum absolute atomic E-state index is 13.6. The number of rotatable bonds is 5. The van der Waals surface area contributed by atoms with E-state index in [-0.39, 0.29) is 23.5 Å². The van der Waals surface area contributed by atoms with Gasteiger partial charge in [-0.05, 0) is 25.1 Å². The quantitative estimate of drug-likeness (QED) is 0.779. The standard InChI is InChI=1S/C17H18FNOS/c1-13(21-15-9-4-3-5-10-15)17(20)19(2)12-14-8-6-7-11-16(14)18/h3-11,13H,12H2,1-2H3. The first kappa shape index (κ1) is 15.6. The minimum atomic E-state index is -0.277. The van der Waals surface area contributed by atoms with Crippen LogP contribution in [0, 0.1) is 5.82 Å². The Balaban J connectivity index is 1.97. The van der Waals surface area contributed by atoms with E-state index in [0.29, 0.717) is 5.56 Å². The van der Waals surface area contributed by atoms with Crippen LogP contribution in [0.5, 0.6) is 0 Å². The molecule has 0 saturated heterocycles. The van der Waals surface area contributed by atoms with Crippen LogP contribution >= 0.6 is 11.8 Å². The fraction of sp³-hybridized carbons (Fsp3) is 0.235. The van der Waals surface area contributed by atoms with Gasteiger partial charge in [0, 0.05) is 24.1 Å². The number of carbonyl (C=O) groups is 1. The maximum Gasteiger partial charge on any atom is 0.235 e. The summed E-state index contributed by atoms with van der Waals surface area (Å²) in [4.78, 5) is 15.0. The molecule has 0 spiro atoms. The van der Waals surface area contributed by atoms with Crippen LogP contribution in [0.25, 0.3) is 0 Å². The summed E-state index contributed by atoms with van der Waals surface area (Å²) in [5.41, 5.74) is 0.533. The normalized spacial score (nSPS) is 12.0. The number of carbonyl (C=O) groups excluding carboxylic acids is 1. The zero-order valence-electron chi connectivity index (χ0n) is 12.1. The molecule has 0 aliphatic carbocycles. The van der Waals surface area contributed by atoms with Crippen molar-refractivity contribution in [2.45, 2.75) is 23.6 Å². The first-order valence-electron chi connectivity index (χ1n) is 6.78. The third-order valence-corrected chi connectivity index (χ3v) is 4.24. The smallest absolute Gasteiger partial charge is 0.235 e. The van der Waals surface area contributed by atoms with Crippen molar-refractivity contribution in [2.24, 2.45) is 0 Å². The van der Waals surface area contributed by atoms with Crippen LogP contribution < -0.4 is 0 Å². The van der Waals surface area contributed by atoms with Crippen molar-refractivity contribution in [3.05, 3.63) is 66.0 Å². The summed E-state index contributed by atoms with van der Waals surface area (Å²) in [6.07, 6.45) is 0. The Kier molecular flexibility index (Phi) is 5.39. The fourth-order valence-corrected chi connectivity index (χ4v) is 3.03. The van der Waals surface area contributed by atoms with Crippen molar-refractivity contribution >= 4 is 17.7 Å². The molecule has 1 amide bonds. The van der Waals surface area contributed by atoms with E-state index < -0.39 is 0 Å². The number of halogens is 1. The number of thioether (sulfide) groups is 1. The van der Waals surface area contributed by atoms with Gasteiger partial charge in [0.25, 0.3) is 0 Å².